The van der Waals surface area contributed by atoms with E-state index in [4.69, 9.17) is 0 Å². The molecule has 0 aliphatic heterocycles. The Morgan fingerprint density at radius 1 is 1.20 bits per heavy atom. The molecular formula is C12H29KN2. The Balaban J connectivity index is -0.000000449. The molecule has 0 aromatic heterocycles. The first-order valence-corrected chi connectivity index (χ1v) is 5.98. The van der Waals surface area contributed by atoms with Crippen LogP contribution in [0.5, 0.6) is 0 Å². The molecule has 3 heteroatoms. The minimum Gasteiger partial charge on any atom is -0.665 e. The number of nitrogens with zero attached hydrogens (tertiary/aromatic N) is 2. The first kappa shape index (κ1) is 21.8. The van der Waals surface area contributed by atoms with Gasteiger partial charge in [0.25, 0.3) is 0 Å². The van der Waals surface area contributed by atoms with Crippen LogP contribution in [-0.4, -0.2) is 38.6 Å². The fourth-order valence-electron chi connectivity index (χ4n) is 1.31. The summed E-state index contributed by atoms with van der Waals surface area (Å²) in [5.74, 6) is 0.832. The normalized spacial score (nSPS) is 11.4. The summed E-state index contributed by atoms with van der Waals surface area (Å²) in [4.78, 5) is 2.38. The summed E-state index contributed by atoms with van der Waals surface area (Å²) >= 11 is 0. The summed E-state index contributed by atoms with van der Waals surface area (Å²) < 4.78 is 0. The van der Waals surface area contributed by atoms with Gasteiger partial charge in [-0.3, -0.25) is 0 Å². The maximum absolute atomic E-state index is 4.14. The summed E-state index contributed by atoms with van der Waals surface area (Å²) in [6, 6.07) is 0. The summed E-state index contributed by atoms with van der Waals surface area (Å²) in [7, 11) is 4.09. The Hall–Kier alpha value is 1.56. The van der Waals surface area contributed by atoms with Crippen molar-refractivity contribution in [1.82, 2.24) is 4.90 Å². The van der Waals surface area contributed by atoms with E-state index in [1.165, 1.54) is 19.4 Å². The SMILES string of the molecule is CC.CCC(CC[N-]C)CN(C)CC.[K+]. The van der Waals surface area contributed by atoms with Gasteiger partial charge in [-0.1, -0.05) is 40.5 Å². The summed E-state index contributed by atoms with van der Waals surface area (Å²) in [6.45, 7) is 11.9. The van der Waals surface area contributed by atoms with E-state index < -0.39 is 0 Å². The van der Waals surface area contributed by atoms with Crippen LogP contribution in [0.1, 0.15) is 40.5 Å². The van der Waals surface area contributed by atoms with Gasteiger partial charge in [-0.15, -0.1) is 6.54 Å². The standard InChI is InChI=1S/C10H23N2.C2H6.K/c1-5-10(7-8-11-3)9-12(4)6-2;1-2;/h10H,5-9H2,1-4H3;1-2H3;/q-1;;+1. The minimum absolute atomic E-state index is 0. The van der Waals surface area contributed by atoms with Gasteiger partial charge in [0.1, 0.15) is 0 Å². The zero-order chi connectivity index (χ0) is 11.4. The fraction of sp³-hybridized carbons (Fsp3) is 1.00. The summed E-state index contributed by atoms with van der Waals surface area (Å²) in [5.41, 5.74) is 0. The van der Waals surface area contributed by atoms with Gasteiger partial charge in [0, 0.05) is 6.54 Å². The topological polar surface area (TPSA) is 17.3 Å². The summed E-state index contributed by atoms with van der Waals surface area (Å²) in [6.07, 6.45) is 2.53. The van der Waals surface area contributed by atoms with Crippen LogP contribution < -0.4 is 51.4 Å². The first-order chi connectivity index (χ1) is 6.74. The molecule has 0 heterocycles. The van der Waals surface area contributed by atoms with Crippen LogP contribution >= 0.6 is 0 Å². The predicted molar refractivity (Wildman–Crippen MR) is 67.1 cm³/mol. The molecule has 1 atom stereocenters. The fourth-order valence-corrected chi connectivity index (χ4v) is 1.31. The number of hydrogen-bond donors (Lipinski definition) is 0. The minimum atomic E-state index is 0. The molecule has 0 spiro atoms. The van der Waals surface area contributed by atoms with Gasteiger partial charge in [0.05, 0.1) is 0 Å². The molecule has 0 N–H and O–H groups in total. The zero-order valence-electron chi connectivity index (χ0n) is 12.0. The molecule has 15 heavy (non-hydrogen) atoms. The largest absolute Gasteiger partial charge is 1.00 e. The Kier molecular flexibility index (Phi) is 26.1. The van der Waals surface area contributed by atoms with Gasteiger partial charge in [-0.05, 0) is 19.5 Å². The molecule has 0 aromatic rings. The Morgan fingerprint density at radius 2 is 1.73 bits per heavy atom. The van der Waals surface area contributed by atoms with Gasteiger partial charge in [-0.2, -0.15) is 7.05 Å². The Morgan fingerprint density at radius 3 is 2.07 bits per heavy atom. The van der Waals surface area contributed by atoms with Gasteiger partial charge in [0.2, 0.25) is 0 Å². The van der Waals surface area contributed by atoms with Crippen LogP contribution in [0.15, 0.2) is 0 Å². The average molecular weight is 240 g/mol. The quantitative estimate of drug-likeness (QED) is 0.589. The smallest absolute Gasteiger partial charge is 0.665 e. The van der Waals surface area contributed by atoms with Crippen molar-refractivity contribution in [3.8, 4) is 0 Å². The van der Waals surface area contributed by atoms with Crippen molar-refractivity contribution in [2.75, 3.05) is 33.7 Å². The van der Waals surface area contributed by atoms with Gasteiger partial charge in [-0.25, -0.2) is 0 Å². The van der Waals surface area contributed by atoms with Crippen LogP contribution in [0.25, 0.3) is 5.32 Å². The molecule has 0 bridgehead atoms. The second-order valence-electron chi connectivity index (χ2n) is 3.46. The third-order valence-corrected chi connectivity index (χ3v) is 2.45. The second-order valence-corrected chi connectivity index (χ2v) is 3.46. The van der Waals surface area contributed by atoms with Crippen molar-refractivity contribution >= 4 is 0 Å². The molecule has 0 aliphatic carbocycles. The van der Waals surface area contributed by atoms with E-state index >= 15 is 0 Å². The van der Waals surface area contributed by atoms with Crippen LogP contribution in [0.4, 0.5) is 0 Å². The molecule has 0 saturated heterocycles. The zero-order valence-corrected chi connectivity index (χ0v) is 15.1. The molecule has 0 aliphatic rings. The maximum Gasteiger partial charge on any atom is 1.00 e. The molecule has 0 fully saturated rings. The third-order valence-electron chi connectivity index (χ3n) is 2.45. The monoisotopic (exact) mass is 240 g/mol. The number of rotatable bonds is 7. The van der Waals surface area contributed by atoms with E-state index in [-0.39, 0.29) is 51.4 Å². The molecule has 0 aromatic carbocycles. The van der Waals surface area contributed by atoms with Crippen molar-refractivity contribution in [2.24, 2.45) is 5.92 Å². The maximum atomic E-state index is 4.14. The summed E-state index contributed by atoms with van der Waals surface area (Å²) in [5, 5.41) is 4.14. The van der Waals surface area contributed by atoms with Crippen LogP contribution in [0, 0.1) is 5.92 Å². The van der Waals surface area contributed by atoms with Crippen LogP contribution in [0.3, 0.4) is 0 Å². The second kappa shape index (κ2) is 17.9. The van der Waals surface area contributed by atoms with Crippen molar-refractivity contribution < 1.29 is 51.4 Å². The predicted octanol–water partition coefficient (Wildman–Crippen LogP) is 0.388. The van der Waals surface area contributed by atoms with Crippen LogP contribution in [-0.2, 0) is 0 Å². The van der Waals surface area contributed by atoms with Gasteiger partial charge >= 0.3 is 51.4 Å². The molecule has 0 amide bonds. The van der Waals surface area contributed by atoms with E-state index in [1.807, 2.05) is 20.9 Å². The Bertz CT molecular complexity index is 99.6. The van der Waals surface area contributed by atoms with Crippen molar-refractivity contribution in [3.05, 3.63) is 5.32 Å². The molecular weight excluding hydrogens is 211 g/mol. The molecule has 1 unspecified atom stereocenters. The van der Waals surface area contributed by atoms with E-state index in [2.05, 4.69) is 31.1 Å². The van der Waals surface area contributed by atoms with Crippen molar-refractivity contribution in [3.63, 3.8) is 0 Å². The van der Waals surface area contributed by atoms with Gasteiger partial charge in [0.15, 0.2) is 0 Å². The molecule has 2 nitrogen and oxygen atoms in total. The van der Waals surface area contributed by atoms with E-state index in [0.29, 0.717) is 0 Å². The number of hydrogen-bond acceptors (Lipinski definition) is 1. The third kappa shape index (κ3) is 15.6. The van der Waals surface area contributed by atoms with Crippen molar-refractivity contribution in [2.45, 2.75) is 40.5 Å². The van der Waals surface area contributed by atoms with Crippen molar-refractivity contribution in [1.29, 1.82) is 0 Å². The van der Waals surface area contributed by atoms with E-state index in [1.54, 1.807) is 0 Å². The van der Waals surface area contributed by atoms with Crippen LogP contribution in [0.2, 0.25) is 0 Å². The van der Waals surface area contributed by atoms with E-state index in [9.17, 15) is 0 Å². The first-order valence-electron chi connectivity index (χ1n) is 5.98. The molecule has 88 valence electrons. The van der Waals surface area contributed by atoms with Gasteiger partial charge < -0.3 is 10.2 Å². The average Bonchev–Trinajstić information content (AvgIpc) is 2.26. The molecule has 0 rings (SSSR count). The van der Waals surface area contributed by atoms with E-state index in [0.717, 1.165) is 19.0 Å². The molecule has 0 saturated carbocycles. The Labute approximate surface area is 140 Å². The molecule has 0 radical (unpaired) electrons.